The van der Waals surface area contributed by atoms with Crippen LogP contribution in [-0.4, -0.2) is 41.1 Å². The molecule has 4 aromatic rings. The molecule has 0 radical (unpaired) electrons. The molecule has 0 spiro atoms. The summed E-state index contributed by atoms with van der Waals surface area (Å²) in [4.78, 5) is 26.1. The van der Waals surface area contributed by atoms with E-state index in [-0.39, 0.29) is 34.0 Å². The molecule has 0 aliphatic rings. The molecular formula is C28H24ClF3N2O6. The molecule has 8 nitrogen and oxygen atoms in total. The van der Waals surface area contributed by atoms with Crippen molar-refractivity contribution in [3.63, 3.8) is 0 Å². The minimum Gasteiger partial charge on any atom is -0.491 e. The van der Waals surface area contributed by atoms with E-state index in [9.17, 15) is 27.9 Å². The molecule has 3 aromatic carbocycles. The number of carboxylic acid groups (broad SMARTS) is 1. The highest BCUT2D eigenvalue weighted by Gasteiger charge is 2.32. The van der Waals surface area contributed by atoms with Crippen LogP contribution in [0, 0.1) is 0 Å². The summed E-state index contributed by atoms with van der Waals surface area (Å²) in [6, 6.07) is 15.0. The number of aromatic carboxylic acids is 1. The number of carbonyl (C=O) groups excluding carboxylic acids is 1. The van der Waals surface area contributed by atoms with Crippen LogP contribution < -0.4 is 19.1 Å². The Hall–Kier alpha value is -4.38. The van der Waals surface area contributed by atoms with Crippen LogP contribution in [0.1, 0.15) is 31.3 Å². The highest BCUT2D eigenvalue weighted by atomic mass is 35.5. The van der Waals surface area contributed by atoms with E-state index in [1.807, 2.05) is 13.8 Å². The van der Waals surface area contributed by atoms with Crippen molar-refractivity contribution >= 4 is 40.1 Å². The molecule has 0 fully saturated rings. The van der Waals surface area contributed by atoms with E-state index in [1.165, 1.54) is 47.7 Å². The minimum atomic E-state index is -4.96. The molecule has 210 valence electrons. The number of amides is 1. The second-order valence-electron chi connectivity index (χ2n) is 9.00. The summed E-state index contributed by atoms with van der Waals surface area (Å²) in [7, 11) is 1.45. The van der Waals surface area contributed by atoms with Crippen LogP contribution in [0.4, 0.5) is 18.9 Å². The maximum Gasteiger partial charge on any atom is 0.573 e. The third kappa shape index (κ3) is 6.09. The number of carboxylic acids is 1. The second-order valence-corrected chi connectivity index (χ2v) is 9.40. The maximum atomic E-state index is 12.8. The summed E-state index contributed by atoms with van der Waals surface area (Å²) in [5.41, 5.74) is 0.888. The van der Waals surface area contributed by atoms with Crippen molar-refractivity contribution in [2.45, 2.75) is 33.2 Å². The number of nitrogens with zero attached hydrogens (tertiary/aromatic N) is 2. The second kappa shape index (κ2) is 11.0. The normalized spacial score (nSPS) is 11.5. The number of benzene rings is 3. The highest BCUT2D eigenvalue weighted by Crippen LogP contribution is 2.40. The first-order valence-electron chi connectivity index (χ1n) is 11.9. The molecule has 1 aromatic heterocycles. The summed E-state index contributed by atoms with van der Waals surface area (Å²) in [5.74, 6) is -1.59. The summed E-state index contributed by atoms with van der Waals surface area (Å²) in [6.45, 7) is 5.06. The largest absolute Gasteiger partial charge is 0.573 e. The van der Waals surface area contributed by atoms with Crippen LogP contribution in [0.3, 0.4) is 0 Å². The quantitative estimate of drug-likeness (QED) is 0.234. The van der Waals surface area contributed by atoms with Crippen molar-refractivity contribution in [1.82, 2.24) is 4.57 Å². The Balaban J connectivity index is 1.86. The Morgan fingerprint density at radius 3 is 2.15 bits per heavy atom. The monoisotopic (exact) mass is 576 g/mol. The van der Waals surface area contributed by atoms with E-state index in [0.717, 1.165) is 6.07 Å². The number of anilines is 1. The molecule has 0 unspecified atom stereocenters. The van der Waals surface area contributed by atoms with Gasteiger partial charge in [-0.05, 0) is 68.4 Å². The molecular weight excluding hydrogens is 553 g/mol. The van der Waals surface area contributed by atoms with Crippen LogP contribution in [-0.2, 0) is 4.79 Å². The lowest BCUT2D eigenvalue weighted by Crippen LogP contribution is -2.25. The van der Waals surface area contributed by atoms with Gasteiger partial charge in [0.05, 0.1) is 22.3 Å². The zero-order valence-corrected chi connectivity index (χ0v) is 22.5. The number of alkyl halides is 3. The first kappa shape index (κ1) is 28.6. The number of rotatable bonds is 8. The third-order valence-corrected chi connectivity index (χ3v) is 6.07. The minimum absolute atomic E-state index is 0.0110. The standard InChI is InChI=1S/C28H24ClF3N2O6/c1-15(2)38-18-7-5-17(6-8-18)34-23-12-10-19(13-21(23)25(26(34)27(36)37)33(4)16(3)35)39-20-9-11-22(29)24(14-20)40-28(30,31)32/h5-15H,1-4H3,(H,36,37). The average molecular weight is 577 g/mol. The van der Waals surface area contributed by atoms with Crippen LogP contribution >= 0.6 is 11.6 Å². The first-order chi connectivity index (χ1) is 18.7. The van der Waals surface area contributed by atoms with E-state index in [0.29, 0.717) is 22.3 Å². The van der Waals surface area contributed by atoms with Gasteiger partial charge in [0, 0.05) is 31.1 Å². The van der Waals surface area contributed by atoms with Crippen molar-refractivity contribution in [3.05, 3.63) is 71.4 Å². The zero-order chi connectivity index (χ0) is 29.4. The zero-order valence-electron chi connectivity index (χ0n) is 21.7. The Morgan fingerprint density at radius 1 is 0.975 bits per heavy atom. The predicted octanol–water partition coefficient (Wildman–Crippen LogP) is 7.44. The number of hydrogen-bond donors (Lipinski definition) is 1. The van der Waals surface area contributed by atoms with Gasteiger partial charge in [0.2, 0.25) is 5.91 Å². The molecule has 1 heterocycles. The van der Waals surface area contributed by atoms with Gasteiger partial charge in [-0.3, -0.25) is 4.79 Å². The van der Waals surface area contributed by atoms with Gasteiger partial charge in [-0.25, -0.2) is 4.79 Å². The van der Waals surface area contributed by atoms with Crippen LogP contribution in [0.5, 0.6) is 23.0 Å². The Labute approximate surface area is 232 Å². The molecule has 0 atom stereocenters. The fourth-order valence-corrected chi connectivity index (χ4v) is 4.27. The lowest BCUT2D eigenvalue weighted by molar-refractivity contribution is -0.274. The number of fused-ring (bicyclic) bond motifs is 1. The molecule has 1 amide bonds. The third-order valence-electron chi connectivity index (χ3n) is 5.75. The fraction of sp³-hybridized carbons (Fsp3) is 0.214. The molecule has 4 rings (SSSR count). The van der Waals surface area contributed by atoms with Crippen molar-refractivity contribution < 1.29 is 42.1 Å². The van der Waals surface area contributed by atoms with E-state index in [1.54, 1.807) is 30.3 Å². The number of ether oxygens (including phenoxy) is 3. The molecule has 0 aliphatic heterocycles. The maximum absolute atomic E-state index is 12.8. The highest BCUT2D eigenvalue weighted by molar-refractivity contribution is 6.32. The Morgan fingerprint density at radius 2 is 1.57 bits per heavy atom. The number of halogens is 4. The molecule has 40 heavy (non-hydrogen) atoms. The summed E-state index contributed by atoms with van der Waals surface area (Å²) >= 11 is 5.83. The summed E-state index contributed by atoms with van der Waals surface area (Å²) in [5, 5.41) is 10.3. The molecule has 0 saturated heterocycles. The number of hydrogen-bond acceptors (Lipinski definition) is 5. The van der Waals surface area contributed by atoms with E-state index in [4.69, 9.17) is 21.1 Å². The summed E-state index contributed by atoms with van der Waals surface area (Å²) < 4.78 is 55.2. The first-order valence-corrected chi connectivity index (χ1v) is 12.3. The lowest BCUT2D eigenvalue weighted by Gasteiger charge is -2.16. The van der Waals surface area contributed by atoms with Gasteiger partial charge in [0.15, 0.2) is 11.4 Å². The van der Waals surface area contributed by atoms with Gasteiger partial charge >= 0.3 is 12.3 Å². The Bertz CT molecular complexity index is 1580. The van der Waals surface area contributed by atoms with Gasteiger partial charge in [-0.1, -0.05) is 11.6 Å². The van der Waals surface area contributed by atoms with Gasteiger partial charge in [0.1, 0.15) is 17.2 Å². The molecule has 12 heteroatoms. The topological polar surface area (TPSA) is 90.2 Å². The molecule has 0 bridgehead atoms. The molecule has 0 aliphatic carbocycles. The van der Waals surface area contributed by atoms with Crippen molar-refractivity contribution in [2.24, 2.45) is 0 Å². The van der Waals surface area contributed by atoms with Crippen LogP contribution in [0.15, 0.2) is 60.7 Å². The van der Waals surface area contributed by atoms with Gasteiger partial charge < -0.3 is 28.8 Å². The average Bonchev–Trinajstić information content (AvgIpc) is 3.19. The van der Waals surface area contributed by atoms with Crippen LogP contribution in [0.2, 0.25) is 5.02 Å². The van der Waals surface area contributed by atoms with Crippen molar-refractivity contribution in [3.8, 4) is 28.7 Å². The van der Waals surface area contributed by atoms with Gasteiger partial charge in [-0.2, -0.15) is 0 Å². The van der Waals surface area contributed by atoms with Gasteiger partial charge in [-0.15, -0.1) is 13.2 Å². The number of aromatic nitrogens is 1. The predicted molar refractivity (Wildman–Crippen MR) is 143 cm³/mol. The van der Waals surface area contributed by atoms with E-state index in [2.05, 4.69) is 4.74 Å². The van der Waals surface area contributed by atoms with Crippen LogP contribution in [0.25, 0.3) is 16.6 Å². The molecule has 1 N–H and O–H groups in total. The SMILES string of the molecule is CC(=O)N(C)c1c(C(=O)O)n(-c2ccc(OC(C)C)cc2)c2ccc(Oc3ccc(Cl)c(OC(F)(F)F)c3)cc12. The fourth-order valence-electron chi connectivity index (χ4n) is 4.11. The van der Waals surface area contributed by atoms with E-state index < -0.39 is 24.0 Å². The lowest BCUT2D eigenvalue weighted by atomic mass is 10.2. The number of carbonyl (C=O) groups is 2. The smallest absolute Gasteiger partial charge is 0.491 e. The molecule has 0 saturated carbocycles. The van der Waals surface area contributed by atoms with Gasteiger partial charge in [0.25, 0.3) is 0 Å². The summed E-state index contributed by atoms with van der Waals surface area (Å²) in [6.07, 6.45) is -5.01. The van der Waals surface area contributed by atoms with E-state index >= 15 is 0 Å². The Kier molecular flexibility index (Phi) is 7.88. The van der Waals surface area contributed by atoms with Crippen molar-refractivity contribution in [1.29, 1.82) is 0 Å². The van der Waals surface area contributed by atoms with Crippen molar-refractivity contribution in [2.75, 3.05) is 11.9 Å².